The van der Waals surface area contributed by atoms with E-state index >= 15 is 0 Å². The van der Waals surface area contributed by atoms with Gasteiger partial charge in [0.1, 0.15) is 0 Å². The van der Waals surface area contributed by atoms with Crippen LogP contribution in [0.3, 0.4) is 0 Å². The summed E-state index contributed by atoms with van der Waals surface area (Å²) in [5.74, 6) is 0.690. The fourth-order valence-corrected chi connectivity index (χ4v) is 4.43. The Labute approximate surface area is 146 Å². The quantitative estimate of drug-likeness (QED) is 0.673. The molecule has 3 rings (SSSR count). The number of piperidine rings is 1. The van der Waals surface area contributed by atoms with Crippen LogP contribution >= 0.6 is 0 Å². The van der Waals surface area contributed by atoms with Gasteiger partial charge in [-0.2, -0.15) is 0 Å². The highest BCUT2D eigenvalue weighted by atomic mass is 15.2. The Hall–Kier alpha value is -1.87. The molecule has 3 heteroatoms. The average molecular weight is 323 g/mol. The second kappa shape index (κ2) is 6.94. The van der Waals surface area contributed by atoms with Crippen molar-refractivity contribution in [2.45, 2.75) is 50.6 Å². The van der Waals surface area contributed by atoms with Gasteiger partial charge in [-0.05, 0) is 60.8 Å². The van der Waals surface area contributed by atoms with Gasteiger partial charge in [0.25, 0.3) is 0 Å². The van der Waals surface area contributed by atoms with E-state index in [2.05, 4.69) is 54.6 Å². The van der Waals surface area contributed by atoms with Crippen molar-refractivity contribution in [1.82, 2.24) is 4.90 Å². The zero-order valence-corrected chi connectivity index (χ0v) is 14.9. The second-order valence-electron chi connectivity index (χ2n) is 7.31. The number of nitrogens with zero attached hydrogens (tertiary/aromatic N) is 2. The third-order valence-corrected chi connectivity index (χ3v) is 5.85. The Bertz CT molecular complexity index is 651. The van der Waals surface area contributed by atoms with Crippen LogP contribution in [-0.2, 0) is 5.41 Å². The lowest BCUT2D eigenvalue weighted by Crippen LogP contribution is -2.44. The van der Waals surface area contributed by atoms with Crippen molar-refractivity contribution in [3.8, 4) is 0 Å². The van der Waals surface area contributed by atoms with Crippen molar-refractivity contribution < 1.29 is 0 Å². The van der Waals surface area contributed by atoms with E-state index in [4.69, 9.17) is 5.73 Å². The van der Waals surface area contributed by atoms with Crippen LogP contribution in [-0.4, -0.2) is 30.4 Å². The summed E-state index contributed by atoms with van der Waals surface area (Å²) in [4.78, 5) is 7.08. The Morgan fingerprint density at radius 3 is 2.79 bits per heavy atom. The van der Waals surface area contributed by atoms with Gasteiger partial charge in [-0.15, -0.1) is 0 Å². The highest BCUT2D eigenvalue weighted by Crippen LogP contribution is 2.51. The van der Waals surface area contributed by atoms with E-state index in [-0.39, 0.29) is 6.17 Å². The van der Waals surface area contributed by atoms with Crippen molar-refractivity contribution in [2.24, 2.45) is 10.7 Å². The van der Waals surface area contributed by atoms with E-state index in [9.17, 15) is 0 Å². The summed E-state index contributed by atoms with van der Waals surface area (Å²) in [5.41, 5.74) is 9.94. The molecule has 0 saturated carbocycles. The van der Waals surface area contributed by atoms with Crippen molar-refractivity contribution in [1.29, 1.82) is 0 Å². The van der Waals surface area contributed by atoms with Gasteiger partial charge >= 0.3 is 0 Å². The van der Waals surface area contributed by atoms with Crippen LogP contribution in [0.1, 0.15) is 50.2 Å². The third kappa shape index (κ3) is 3.18. The lowest BCUT2D eigenvalue weighted by molar-refractivity contribution is 0.123. The predicted octanol–water partition coefficient (Wildman–Crippen LogP) is 3.97. The smallest absolute Gasteiger partial charge is 0.0990 e. The number of rotatable bonds is 4. The summed E-state index contributed by atoms with van der Waals surface area (Å²) < 4.78 is 0. The molecule has 2 aliphatic rings. The number of hydrogen-bond acceptors (Lipinski definition) is 3. The largest absolute Gasteiger partial charge is 0.399 e. The molecule has 3 nitrogen and oxygen atoms in total. The standard InChI is InChI=1S/C21H29N3/c1-4-18(22)9-12-23-17(3)24-13-10-21(11-14-24)15-16(2)19-7-5-6-8-20(19)21/h4-9,12,16-17H,1,10-11,13-15,22H2,2-3H3/b18-9+,23-12-. The molecule has 1 aliphatic carbocycles. The summed E-state index contributed by atoms with van der Waals surface area (Å²) in [5, 5.41) is 0. The molecule has 0 bridgehead atoms. The molecule has 24 heavy (non-hydrogen) atoms. The van der Waals surface area contributed by atoms with Crippen molar-refractivity contribution in [3.05, 3.63) is 59.8 Å². The van der Waals surface area contributed by atoms with Gasteiger partial charge in [-0.1, -0.05) is 37.8 Å². The first kappa shape index (κ1) is 17.0. The van der Waals surface area contributed by atoms with Crippen LogP contribution in [0.15, 0.2) is 53.7 Å². The minimum absolute atomic E-state index is 0.199. The number of benzene rings is 1. The normalized spacial score (nSPS) is 25.1. The molecule has 1 fully saturated rings. The zero-order valence-electron chi connectivity index (χ0n) is 14.9. The molecule has 0 radical (unpaired) electrons. The van der Waals surface area contributed by atoms with Crippen LogP contribution in [0.5, 0.6) is 0 Å². The summed E-state index contributed by atoms with van der Waals surface area (Å²) in [7, 11) is 0. The van der Waals surface area contributed by atoms with Gasteiger partial charge in [-0.25, -0.2) is 0 Å². The Morgan fingerprint density at radius 1 is 1.38 bits per heavy atom. The number of nitrogens with two attached hydrogens (primary N) is 1. The number of allylic oxidation sites excluding steroid dienone is 2. The Morgan fingerprint density at radius 2 is 2.08 bits per heavy atom. The second-order valence-corrected chi connectivity index (χ2v) is 7.31. The van der Waals surface area contributed by atoms with E-state index in [1.54, 1.807) is 23.4 Å². The topological polar surface area (TPSA) is 41.6 Å². The van der Waals surface area contributed by atoms with Crippen LogP contribution in [0, 0.1) is 0 Å². The molecular formula is C21H29N3. The average Bonchev–Trinajstić information content (AvgIpc) is 2.88. The van der Waals surface area contributed by atoms with Gasteiger partial charge in [0.15, 0.2) is 0 Å². The molecule has 1 aromatic rings. The molecule has 1 aromatic carbocycles. The van der Waals surface area contributed by atoms with Gasteiger partial charge < -0.3 is 5.73 Å². The summed E-state index contributed by atoms with van der Waals surface area (Å²) in [6, 6.07) is 9.07. The van der Waals surface area contributed by atoms with E-state index in [0.717, 1.165) is 13.1 Å². The summed E-state index contributed by atoms with van der Waals surface area (Å²) in [6.45, 7) is 10.4. The Kier molecular flexibility index (Phi) is 4.91. The maximum Gasteiger partial charge on any atom is 0.0990 e. The van der Waals surface area contributed by atoms with Gasteiger partial charge in [0, 0.05) is 25.0 Å². The fraction of sp³-hybridized carbons (Fsp3) is 0.476. The van der Waals surface area contributed by atoms with E-state index < -0.39 is 0 Å². The van der Waals surface area contributed by atoms with E-state index in [1.807, 2.05) is 6.08 Å². The SMILES string of the molecule is C=C/C(N)=C\C=N/C(C)N1CCC2(CC1)CC(C)c1ccccc12. The molecule has 1 aliphatic heterocycles. The minimum atomic E-state index is 0.199. The minimum Gasteiger partial charge on any atom is -0.399 e. The highest BCUT2D eigenvalue weighted by Gasteiger charge is 2.44. The fourth-order valence-electron chi connectivity index (χ4n) is 4.43. The summed E-state index contributed by atoms with van der Waals surface area (Å²) >= 11 is 0. The lowest BCUT2D eigenvalue weighted by Gasteiger charge is -2.41. The first-order valence-corrected chi connectivity index (χ1v) is 9.00. The maximum absolute atomic E-state index is 5.71. The van der Waals surface area contributed by atoms with Crippen molar-refractivity contribution in [2.75, 3.05) is 13.1 Å². The molecule has 1 spiro atoms. The van der Waals surface area contributed by atoms with Crippen molar-refractivity contribution in [3.63, 3.8) is 0 Å². The molecule has 1 heterocycles. The third-order valence-electron chi connectivity index (χ3n) is 5.85. The van der Waals surface area contributed by atoms with E-state index in [1.165, 1.54) is 19.3 Å². The van der Waals surface area contributed by atoms with Gasteiger partial charge in [0.2, 0.25) is 0 Å². The Balaban J connectivity index is 1.65. The van der Waals surface area contributed by atoms with Gasteiger partial charge in [-0.3, -0.25) is 9.89 Å². The van der Waals surface area contributed by atoms with E-state index in [0.29, 0.717) is 17.0 Å². The van der Waals surface area contributed by atoms with Crippen molar-refractivity contribution >= 4 is 6.21 Å². The predicted molar refractivity (Wildman–Crippen MR) is 102 cm³/mol. The van der Waals surface area contributed by atoms with Crippen LogP contribution in [0.4, 0.5) is 0 Å². The highest BCUT2D eigenvalue weighted by molar-refractivity contribution is 5.72. The lowest BCUT2D eigenvalue weighted by atomic mass is 9.73. The summed E-state index contributed by atoms with van der Waals surface area (Å²) in [6.07, 6.45) is 9.22. The van der Waals surface area contributed by atoms with Crippen LogP contribution in [0.25, 0.3) is 0 Å². The molecule has 0 aromatic heterocycles. The maximum atomic E-state index is 5.71. The number of aliphatic imine (C=N–C) groups is 1. The number of hydrogen-bond donors (Lipinski definition) is 1. The molecular weight excluding hydrogens is 294 g/mol. The van der Waals surface area contributed by atoms with Crippen LogP contribution in [0.2, 0.25) is 0 Å². The molecule has 2 atom stereocenters. The van der Waals surface area contributed by atoms with Crippen LogP contribution < -0.4 is 5.73 Å². The van der Waals surface area contributed by atoms with Gasteiger partial charge in [0.05, 0.1) is 6.17 Å². The molecule has 1 saturated heterocycles. The first-order valence-electron chi connectivity index (χ1n) is 9.00. The zero-order chi connectivity index (χ0) is 17.2. The molecule has 128 valence electrons. The molecule has 2 unspecified atom stereocenters. The number of likely N-dealkylation sites (tertiary alicyclic amines) is 1. The number of fused-ring (bicyclic) bond motifs is 2. The first-order chi connectivity index (χ1) is 11.6. The molecule has 0 amide bonds. The monoisotopic (exact) mass is 323 g/mol. The molecule has 2 N–H and O–H groups in total.